The Hall–Kier alpha value is -1.33. The Morgan fingerprint density at radius 3 is 2.27 bits per heavy atom. The third kappa shape index (κ3) is 3.52. The molecule has 2 heterocycles. The summed E-state index contributed by atoms with van der Waals surface area (Å²) in [5.74, 6) is 0.988. The fourth-order valence-corrected chi connectivity index (χ4v) is 2.84. The predicted molar refractivity (Wildman–Crippen MR) is 93.9 cm³/mol. The molecule has 2 rings (SSSR count). The summed E-state index contributed by atoms with van der Waals surface area (Å²) in [6, 6.07) is 3.75. The molecule has 0 saturated heterocycles. The van der Waals surface area contributed by atoms with Crippen LogP contribution >= 0.6 is 11.6 Å². The van der Waals surface area contributed by atoms with Crippen molar-refractivity contribution in [1.29, 1.82) is 0 Å². The second-order valence-corrected chi connectivity index (χ2v) is 5.63. The lowest BCUT2D eigenvalue weighted by molar-refractivity contribution is 0.292. The van der Waals surface area contributed by atoms with Crippen molar-refractivity contribution in [2.24, 2.45) is 0 Å². The van der Waals surface area contributed by atoms with E-state index in [4.69, 9.17) is 16.6 Å². The molecule has 6 heteroatoms. The minimum atomic E-state index is 0.516. The molecular weight excluding hydrogens is 298 g/mol. The molecule has 0 saturated carbocycles. The zero-order chi connectivity index (χ0) is 16.1. The zero-order valence-corrected chi connectivity index (χ0v) is 14.8. The molecule has 0 unspecified atom stereocenters. The Balaban J connectivity index is 2.42. The molecule has 5 nitrogen and oxygen atoms in total. The minimum Gasteiger partial charge on any atom is -0.343 e. The summed E-state index contributed by atoms with van der Waals surface area (Å²) >= 11 is 6.09. The van der Waals surface area contributed by atoms with Gasteiger partial charge in [0.2, 0.25) is 5.95 Å². The molecular formula is C16H26ClN5. The van der Waals surface area contributed by atoms with E-state index in [0.29, 0.717) is 5.15 Å². The van der Waals surface area contributed by atoms with Crippen LogP contribution in [0.1, 0.15) is 27.7 Å². The molecule has 0 aliphatic carbocycles. The van der Waals surface area contributed by atoms with Crippen LogP contribution in [-0.4, -0.2) is 52.2 Å². The molecule has 2 aromatic heterocycles. The van der Waals surface area contributed by atoms with E-state index in [9.17, 15) is 0 Å². The summed E-state index contributed by atoms with van der Waals surface area (Å²) in [4.78, 5) is 13.9. The third-order valence-corrected chi connectivity index (χ3v) is 4.33. The van der Waals surface area contributed by atoms with E-state index in [1.165, 1.54) is 0 Å². The van der Waals surface area contributed by atoms with Crippen molar-refractivity contribution in [2.45, 2.75) is 34.2 Å². The Kier molecular flexibility index (Phi) is 6.03. The first-order valence-corrected chi connectivity index (χ1v) is 8.52. The van der Waals surface area contributed by atoms with Crippen molar-refractivity contribution < 1.29 is 0 Å². The molecule has 0 aliphatic heterocycles. The summed E-state index contributed by atoms with van der Waals surface area (Å²) in [5.41, 5.74) is 1.78. The van der Waals surface area contributed by atoms with Crippen LogP contribution in [0.3, 0.4) is 0 Å². The molecule has 22 heavy (non-hydrogen) atoms. The predicted octanol–water partition coefficient (Wildman–Crippen LogP) is 3.27. The number of pyridine rings is 1. The van der Waals surface area contributed by atoms with Gasteiger partial charge in [0.25, 0.3) is 0 Å². The molecule has 0 aliphatic rings. The second kappa shape index (κ2) is 7.79. The molecule has 0 fully saturated rings. The standard InChI is InChI=1S/C16H26ClN5/c1-5-20(6-2)11-12-22-15-13(9-10-14(17)19-15)18-16(22)21(7-3)8-4/h9-10H,5-8,11-12H2,1-4H3. The van der Waals surface area contributed by atoms with Gasteiger partial charge >= 0.3 is 0 Å². The Labute approximate surface area is 137 Å². The molecule has 0 N–H and O–H groups in total. The van der Waals surface area contributed by atoms with Gasteiger partial charge in [-0.25, -0.2) is 9.97 Å². The molecule has 0 bridgehead atoms. The number of hydrogen-bond donors (Lipinski definition) is 0. The summed E-state index contributed by atoms with van der Waals surface area (Å²) < 4.78 is 2.20. The van der Waals surface area contributed by atoms with Crippen molar-refractivity contribution in [3.05, 3.63) is 17.3 Å². The molecule has 0 spiro atoms. The van der Waals surface area contributed by atoms with Crippen molar-refractivity contribution in [1.82, 2.24) is 19.4 Å². The number of imidazole rings is 1. The van der Waals surface area contributed by atoms with E-state index in [0.717, 1.165) is 56.4 Å². The van der Waals surface area contributed by atoms with Crippen LogP contribution in [0.2, 0.25) is 5.15 Å². The van der Waals surface area contributed by atoms with Crippen molar-refractivity contribution in [3.63, 3.8) is 0 Å². The quantitative estimate of drug-likeness (QED) is 0.699. The van der Waals surface area contributed by atoms with Gasteiger partial charge in [0.15, 0.2) is 5.65 Å². The number of rotatable bonds is 8. The van der Waals surface area contributed by atoms with Crippen LogP contribution in [0.4, 0.5) is 5.95 Å². The van der Waals surface area contributed by atoms with E-state index >= 15 is 0 Å². The highest BCUT2D eigenvalue weighted by atomic mass is 35.5. The SMILES string of the molecule is CCN(CC)CCn1c(N(CC)CC)nc2ccc(Cl)nc21. The van der Waals surface area contributed by atoms with Gasteiger partial charge in [0, 0.05) is 26.2 Å². The smallest absolute Gasteiger partial charge is 0.207 e. The highest BCUT2D eigenvalue weighted by Gasteiger charge is 2.17. The molecule has 0 atom stereocenters. The Morgan fingerprint density at radius 2 is 1.68 bits per heavy atom. The van der Waals surface area contributed by atoms with E-state index in [-0.39, 0.29) is 0 Å². The van der Waals surface area contributed by atoms with Crippen LogP contribution < -0.4 is 4.90 Å². The Morgan fingerprint density at radius 1 is 1.00 bits per heavy atom. The lowest BCUT2D eigenvalue weighted by Gasteiger charge is -2.23. The monoisotopic (exact) mass is 323 g/mol. The number of nitrogens with zero attached hydrogens (tertiary/aromatic N) is 5. The third-order valence-electron chi connectivity index (χ3n) is 4.12. The molecule has 2 aromatic rings. The maximum atomic E-state index is 6.09. The molecule has 0 aromatic carbocycles. The normalized spacial score (nSPS) is 11.5. The number of likely N-dealkylation sites (N-methyl/N-ethyl adjacent to an activating group) is 1. The maximum Gasteiger partial charge on any atom is 0.207 e. The molecule has 0 amide bonds. The number of hydrogen-bond acceptors (Lipinski definition) is 4. The van der Waals surface area contributed by atoms with E-state index in [2.05, 4.69) is 47.0 Å². The lowest BCUT2D eigenvalue weighted by atomic mass is 10.4. The largest absolute Gasteiger partial charge is 0.343 e. The van der Waals surface area contributed by atoms with Gasteiger partial charge < -0.3 is 9.80 Å². The van der Waals surface area contributed by atoms with Crippen LogP contribution in [-0.2, 0) is 6.54 Å². The van der Waals surface area contributed by atoms with Crippen LogP contribution in [0.5, 0.6) is 0 Å². The highest BCUT2D eigenvalue weighted by Crippen LogP contribution is 2.23. The van der Waals surface area contributed by atoms with Crippen molar-refractivity contribution >= 4 is 28.7 Å². The molecule has 122 valence electrons. The Bertz CT molecular complexity index is 602. The zero-order valence-electron chi connectivity index (χ0n) is 14.0. The van der Waals surface area contributed by atoms with E-state index < -0.39 is 0 Å². The van der Waals surface area contributed by atoms with E-state index in [1.807, 2.05) is 6.07 Å². The number of halogens is 1. The lowest BCUT2D eigenvalue weighted by Crippen LogP contribution is -2.30. The number of aromatic nitrogens is 3. The average Bonchev–Trinajstić information content (AvgIpc) is 2.87. The van der Waals surface area contributed by atoms with Gasteiger partial charge in [-0.15, -0.1) is 0 Å². The van der Waals surface area contributed by atoms with Gasteiger partial charge in [0.05, 0.1) is 0 Å². The average molecular weight is 324 g/mol. The fourth-order valence-electron chi connectivity index (χ4n) is 2.70. The summed E-state index contributed by atoms with van der Waals surface area (Å²) in [6.07, 6.45) is 0. The number of anilines is 1. The van der Waals surface area contributed by atoms with Crippen LogP contribution in [0, 0.1) is 0 Å². The van der Waals surface area contributed by atoms with Gasteiger partial charge in [-0.1, -0.05) is 25.4 Å². The summed E-state index contributed by atoms with van der Waals surface area (Å²) in [7, 11) is 0. The van der Waals surface area contributed by atoms with Crippen LogP contribution in [0.15, 0.2) is 12.1 Å². The van der Waals surface area contributed by atoms with Crippen molar-refractivity contribution in [2.75, 3.05) is 37.6 Å². The maximum absolute atomic E-state index is 6.09. The van der Waals surface area contributed by atoms with Gasteiger partial charge in [-0.3, -0.25) is 4.57 Å². The van der Waals surface area contributed by atoms with Gasteiger partial charge in [-0.2, -0.15) is 0 Å². The highest BCUT2D eigenvalue weighted by molar-refractivity contribution is 6.29. The number of fused-ring (bicyclic) bond motifs is 1. The van der Waals surface area contributed by atoms with Crippen LogP contribution in [0.25, 0.3) is 11.2 Å². The summed E-state index contributed by atoms with van der Waals surface area (Å²) in [5, 5.41) is 0.516. The fraction of sp³-hybridized carbons (Fsp3) is 0.625. The molecule has 0 radical (unpaired) electrons. The summed E-state index contributed by atoms with van der Waals surface area (Å²) in [6.45, 7) is 14.5. The first kappa shape index (κ1) is 17.0. The van der Waals surface area contributed by atoms with Crippen molar-refractivity contribution in [3.8, 4) is 0 Å². The van der Waals surface area contributed by atoms with E-state index in [1.54, 1.807) is 6.07 Å². The minimum absolute atomic E-state index is 0.516. The second-order valence-electron chi connectivity index (χ2n) is 5.24. The first-order valence-electron chi connectivity index (χ1n) is 8.14. The van der Waals surface area contributed by atoms with Gasteiger partial charge in [-0.05, 0) is 39.1 Å². The van der Waals surface area contributed by atoms with Gasteiger partial charge in [0.1, 0.15) is 10.7 Å². The topological polar surface area (TPSA) is 37.2 Å². The first-order chi connectivity index (χ1) is 10.6.